The molecule has 0 aliphatic carbocycles. The molecule has 1 aliphatic heterocycles. The summed E-state index contributed by atoms with van der Waals surface area (Å²) in [6.45, 7) is 6.23. The first-order valence-corrected chi connectivity index (χ1v) is 4.76. The van der Waals surface area contributed by atoms with E-state index >= 15 is 0 Å². The molecule has 0 amide bonds. The summed E-state index contributed by atoms with van der Waals surface area (Å²) in [6.07, 6.45) is 0.778. The quantitative estimate of drug-likeness (QED) is 0.616. The van der Waals surface area contributed by atoms with Crippen LogP contribution >= 0.6 is 0 Å². The van der Waals surface area contributed by atoms with Crippen molar-refractivity contribution in [3.63, 3.8) is 0 Å². The summed E-state index contributed by atoms with van der Waals surface area (Å²) in [7, 11) is 0. The third-order valence-electron chi connectivity index (χ3n) is 2.03. The molecule has 0 bridgehead atoms. The summed E-state index contributed by atoms with van der Waals surface area (Å²) in [6, 6.07) is 0.263. The molecule has 1 heterocycles. The van der Waals surface area contributed by atoms with Gasteiger partial charge in [-0.05, 0) is 26.8 Å². The molecule has 1 rings (SSSR count). The predicted molar refractivity (Wildman–Crippen MR) is 49.5 cm³/mol. The van der Waals surface area contributed by atoms with Crippen LogP contribution in [0.3, 0.4) is 0 Å². The second-order valence-electron chi connectivity index (χ2n) is 3.75. The average molecular weight is 189 g/mol. The van der Waals surface area contributed by atoms with E-state index in [0.29, 0.717) is 13.2 Å². The van der Waals surface area contributed by atoms with E-state index in [0.717, 1.165) is 13.0 Å². The molecule has 13 heavy (non-hydrogen) atoms. The van der Waals surface area contributed by atoms with E-state index in [2.05, 4.69) is 5.32 Å². The van der Waals surface area contributed by atoms with Gasteiger partial charge in [0.15, 0.2) is 5.79 Å². The number of aliphatic hydroxyl groups is 1. The van der Waals surface area contributed by atoms with Crippen LogP contribution in [0.1, 0.15) is 20.3 Å². The first-order chi connectivity index (χ1) is 6.14. The summed E-state index contributed by atoms with van der Waals surface area (Å²) in [4.78, 5) is 0. The van der Waals surface area contributed by atoms with E-state index in [1.54, 1.807) is 0 Å². The standard InChI is InChI=1S/C9H19NO3/c1-9(2)12-6-8(7-13-9)10-4-3-5-11/h8,10-11H,3-7H2,1-2H3. The Labute approximate surface area is 79.2 Å². The second kappa shape index (κ2) is 4.91. The van der Waals surface area contributed by atoms with Gasteiger partial charge in [0, 0.05) is 6.61 Å². The van der Waals surface area contributed by atoms with Gasteiger partial charge in [0.25, 0.3) is 0 Å². The van der Waals surface area contributed by atoms with Crippen LogP contribution < -0.4 is 5.32 Å². The minimum absolute atomic E-state index is 0.229. The van der Waals surface area contributed by atoms with E-state index in [-0.39, 0.29) is 12.6 Å². The fraction of sp³-hybridized carbons (Fsp3) is 1.00. The lowest BCUT2D eigenvalue weighted by Gasteiger charge is -2.35. The smallest absolute Gasteiger partial charge is 0.162 e. The lowest BCUT2D eigenvalue weighted by atomic mass is 10.2. The SMILES string of the molecule is CC1(C)OCC(NCCCO)CO1. The highest BCUT2D eigenvalue weighted by Crippen LogP contribution is 2.16. The van der Waals surface area contributed by atoms with Crippen LogP contribution in [0.4, 0.5) is 0 Å². The van der Waals surface area contributed by atoms with Crippen molar-refractivity contribution >= 4 is 0 Å². The fourth-order valence-electron chi connectivity index (χ4n) is 1.20. The van der Waals surface area contributed by atoms with Gasteiger partial charge in [0.1, 0.15) is 0 Å². The maximum atomic E-state index is 8.58. The molecule has 2 N–H and O–H groups in total. The Morgan fingerprint density at radius 3 is 2.54 bits per heavy atom. The lowest BCUT2D eigenvalue weighted by Crippen LogP contribution is -2.48. The minimum atomic E-state index is -0.435. The van der Waals surface area contributed by atoms with Gasteiger partial charge in [-0.25, -0.2) is 0 Å². The van der Waals surface area contributed by atoms with Gasteiger partial charge < -0.3 is 19.9 Å². The Morgan fingerprint density at radius 1 is 1.38 bits per heavy atom. The third-order valence-corrected chi connectivity index (χ3v) is 2.03. The predicted octanol–water partition coefficient (Wildman–Crippen LogP) is 0.110. The fourth-order valence-corrected chi connectivity index (χ4v) is 1.20. The number of aliphatic hydroxyl groups excluding tert-OH is 1. The average Bonchev–Trinajstić information content (AvgIpc) is 2.08. The molecule has 4 heteroatoms. The molecule has 1 saturated heterocycles. The molecule has 1 aliphatic rings. The van der Waals surface area contributed by atoms with Crippen molar-refractivity contribution in [1.29, 1.82) is 0 Å². The summed E-state index contributed by atoms with van der Waals surface area (Å²) < 4.78 is 10.9. The van der Waals surface area contributed by atoms with Crippen molar-refractivity contribution in [3.8, 4) is 0 Å². The maximum Gasteiger partial charge on any atom is 0.162 e. The molecule has 0 aromatic heterocycles. The van der Waals surface area contributed by atoms with Gasteiger partial charge >= 0.3 is 0 Å². The Balaban J connectivity index is 2.11. The third kappa shape index (κ3) is 4.04. The molecular formula is C9H19NO3. The Morgan fingerprint density at radius 2 is 2.00 bits per heavy atom. The number of nitrogens with one attached hydrogen (secondary N) is 1. The van der Waals surface area contributed by atoms with Crippen LogP contribution in [0.5, 0.6) is 0 Å². The lowest BCUT2D eigenvalue weighted by molar-refractivity contribution is -0.252. The first kappa shape index (κ1) is 10.9. The number of rotatable bonds is 4. The normalized spacial score (nSPS) is 23.3. The maximum absolute atomic E-state index is 8.58. The summed E-state index contributed by atoms with van der Waals surface area (Å²) in [5.41, 5.74) is 0. The molecule has 1 fully saturated rings. The molecular weight excluding hydrogens is 170 g/mol. The van der Waals surface area contributed by atoms with Crippen LogP contribution in [0.25, 0.3) is 0 Å². The van der Waals surface area contributed by atoms with Gasteiger partial charge in [0.2, 0.25) is 0 Å². The van der Waals surface area contributed by atoms with E-state index in [1.807, 2.05) is 13.8 Å². The molecule has 0 aromatic rings. The Kier molecular flexibility index (Phi) is 4.12. The highest BCUT2D eigenvalue weighted by molar-refractivity contribution is 4.72. The molecule has 0 unspecified atom stereocenters. The number of hydrogen-bond acceptors (Lipinski definition) is 4. The van der Waals surface area contributed by atoms with E-state index in [9.17, 15) is 0 Å². The molecule has 0 atom stereocenters. The van der Waals surface area contributed by atoms with Gasteiger partial charge in [-0.15, -0.1) is 0 Å². The zero-order valence-corrected chi connectivity index (χ0v) is 8.38. The van der Waals surface area contributed by atoms with Crippen LogP contribution in [-0.2, 0) is 9.47 Å². The largest absolute Gasteiger partial charge is 0.396 e. The molecule has 0 saturated carbocycles. The molecule has 0 radical (unpaired) electrons. The van der Waals surface area contributed by atoms with Crippen molar-refractivity contribution in [2.75, 3.05) is 26.4 Å². The topological polar surface area (TPSA) is 50.7 Å². The van der Waals surface area contributed by atoms with E-state index in [1.165, 1.54) is 0 Å². The molecule has 4 nitrogen and oxygen atoms in total. The minimum Gasteiger partial charge on any atom is -0.396 e. The zero-order valence-electron chi connectivity index (χ0n) is 8.38. The van der Waals surface area contributed by atoms with Crippen molar-refractivity contribution < 1.29 is 14.6 Å². The van der Waals surface area contributed by atoms with Gasteiger partial charge in [0.05, 0.1) is 19.3 Å². The van der Waals surface area contributed by atoms with Gasteiger partial charge in [-0.2, -0.15) is 0 Å². The summed E-state index contributed by atoms with van der Waals surface area (Å²) in [5, 5.41) is 11.8. The number of hydrogen-bond donors (Lipinski definition) is 2. The summed E-state index contributed by atoms with van der Waals surface area (Å²) in [5.74, 6) is -0.435. The Bertz CT molecular complexity index is 140. The second-order valence-corrected chi connectivity index (χ2v) is 3.75. The van der Waals surface area contributed by atoms with Crippen molar-refractivity contribution in [2.45, 2.75) is 32.1 Å². The highest BCUT2D eigenvalue weighted by Gasteiger charge is 2.27. The first-order valence-electron chi connectivity index (χ1n) is 4.76. The Hall–Kier alpha value is -0.160. The monoisotopic (exact) mass is 189 g/mol. The summed E-state index contributed by atoms with van der Waals surface area (Å²) >= 11 is 0. The number of ether oxygens (including phenoxy) is 2. The van der Waals surface area contributed by atoms with Gasteiger partial charge in [-0.3, -0.25) is 0 Å². The van der Waals surface area contributed by atoms with Crippen molar-refractivity contribution in [1.82, 2.24) is 5.32 Å². The van der Waals surface area contributed by atoms with Crippen LogP contribution in [0.2, 0.25) is 0 Å². The zero-order chi connectivity index (χ0) is 9.73. The van der Waals surface area contributed by atoms with Gasteiger partial charge in [-0.1, -0.05) is 0 Å². The van der Waals surface area contributed by atoms with Crippen molar-refractivity contribution in [2.24, 2.45) is 0 Å². The van der Waals surface area contributed by atoms with Crippen molar-refractivity contribution in [3.05, 3.63) is 0 Å². The molecule has 78 valence electrons. The molecule has 0 aromatic carbocycles. The van der Waals surface area contributed by atoms with E-state index < -0.39 is 5.79 Å². The highest BCUT2D eigenvalue weighted by atomic mass is 16.7. The van der Waals surface area contributed by atoms with Crippen LogP contribution in [0, 0.1) is 0 Å². The van der Waals surface area contributed by atoms with Crippen LogP contribution in [0.15, 0.2) is 0 Å². The van der Waals surface area contributed by atoms with Crippen LogP contribution in [-0.4, -0.2) is 43.3 Å². The van der Waals surface area contributed by atoms with E-state index in [4.69, 9.17) is 14.6 Å². The molecule has 0 spiro atoms.